The molecule has 3 aromatic rings. The van der Waals surface area contributed by atoms with Crippen LogP contribution in [-0.2, 0) is 0 Å². The molecule has 0 bridgehead atoms. The number of rotatable bonds is 3. The van der Waals surface area contributed by atoms with Gasteiger partial charge in [-0.05, 0) is 18.2 Å². The molecule has 6 nitrogen and oxygen atoms in total. The summed E-state index contributed by atoms with van der Waals surface area (Å²) in [7, 11) is 0. The van der Waals surface area contributed by atoms with Gasteiger partial charge in [-0.3, -0.25) is 10.1 Å². The summed E-state index contributed by atoms with van der Waals surface area (Å²) in [5.41, 5.74) is 2.15. The maximum Gasteiger partial charge on any atom is 0.271 e. The van der Waals surface area contributed by atoms with E-state index in [0.717, 1.165) is 16.7 Å². The number of nitro groups is 1. The molecule has 0 aliphatic rings. The van der Waals surface area contributed by atoms with Crippen molar-refractivity contribution in [2.24, 2.45) is 0 Å². The summed E-state index contributed by atoms with van der Waals surface area (Å²) in [6, 6.07) is 8.01. The predicted molar refractivity (Wildman–Crippen MR) is 77.5 cm³/mol. The molecule has 0 saturated carbocycles. The van der Waals surface area contributed by atoms with Gasteiger partial charge in [0.05, 0.1) is 21.3 Å². The van der Waals surface area contributed by atoms with Crippen molar-refractivity contribution in [1.82, 2.24) is 9.97 Å². The molecule has 2 aromatic heterocycles. The molecule has 0 fully saturated rings. The first kappa shape index (κ1) is 12.4. The van der Waals surface area contributed by atoms with Crippen LogP contribution in [0.5, 0.6) is 0 Å². The van der Waals surface area contributed by atoms with Crippen LogP contribution in [0.25, 0.3) is 11.0 Å². The molecule has 0 amide bonds. The average molecular weight is 289 g/mol. The molecule has 0 spiro atoms. The number of H-pyrrole nitrogens is 1. The maximum atomic E-state index is 10.7. The Labute approximate surface area is 118 Å². The number of benzene rings is 1. The fourth-order valence-corrected chi connectivity index (χ4v) is 2.16. The summed E-state index contributed by atoms with van der Waals surface area (Å²) >= 11 is 6.06. The van der Waals surface area contributed by atoms with Gasteiger partial charge < -0.3 is 10.3 Å². The Morgan fingerprint density at radius 1 is 1.25 bits per heavy atom. The van der Waals surface area contributed by atoms with Gasteiger partial charge >= 0.3 is 0 Å². The van der Waals surface area contributed by atoms with Crippen molar-refractivity contribution >= 4 is 39.7 Å². The Kier molecular flexibility index (Phi) is 3.00. The van der Waals surface area contributed by atoms with Crippen LogP contribution in [-0.4, -0.2) is 14.9 Å². The van der Waals surface area contributed by atoms with Gasteiger partial charge in [0.15, 0.2) is 0 Å². The third kappa shape index (κ3) is 2.17. The van der Waals surface area contributed by atoms with Crippen LogP contribution in [0, 0.1) is 10.1 Å². The number of hydrogen-bond donors (Lipinski definition) is 2. The molecule has 0 atom stereocenters. The molecule has 2 N–H and O–H groups in total. The Morgan fingerprint density at radius 2 is 2.10 bits per heavy atom. The van der Waals surface area contributed by atoms with Crippen LogP contribution in [0.4, 0.5) is 17.1 Å². The van der Waals surface area contributed by atoms with Crippen molar-refractivity contribution in [3.63, 3.8) is 0 Å². The number of aromatic nitrogens is 2. The summed E-state index contributed by atoms with van der Waals surface area (Å²) in [6.07, 6.45) is 3.46. The molecule has 0 unspecified atom stereocenters. The zero-order chi connectivity index (χ0) is 14.1. The van der Waals surface area contributed by atoms with Gasteiger partial charge in [0, 0.05) is 29.9 Å². The lowest BCUT2D eigenvalue weighted by molar-refractivity contribution is -0.384. The van der Waals surface area contributed by atoms with Gasteiger partial charge in [0.1, 0.15) is 5.65 Å². The first-order valence-electron chi connectivity index (χ1n) is 5.78. The standard InChI is InChI=1S/C13H9ClN4O2/c14-10-7-8(18(19)20)1-2-12(10)17-11-4-6-16-13-9(11)3-5-15-13/h1-7H,(H2,15,16,17). The topological polar surface area (TPSA) is 83.8 Å². The van der Waals surface area contributed by atoms with Gasteiger partial charge in [-0.25, -0.2) is 4.98 Å². The van der Waals surface area contributed by atoms with Crippen LogP contribution in [0.1, 0.15) is 0 Å². The number of non-ortho nitro benzene ring substituents is 1. The van der Waals surface area contributed by atoms with Gasteiger partial charge in [-0.1, -0.05) is 11.6 Å². The highest BCUT2D eigenvalue weighted by Gasteiger charge is 2.10. The van der Waals surface area contributed by atoms with E-state index in [1.54, 1.807) is 18.5 Å². The zero-order valence-corrected chi connectivity index (χ0v) is 10.9. The molecule has 0 aliphatic heterocycles. The molecule has 20 heavy (non-hydrogen) atoms. The first-order valence-corrected chi connectivity index (χ1v) is 6.16. The molecule has 2 heterocycles. The van der Waals surface area contributed by atoms with E-state index in [0.29, 0.717) is 10.7 Å². The van der Waals surface area contributed by atoms with Crippen molar-refractivity contribution < 1.29 is 4.92 Å². The second-order valence-corrected chi connectivity index (χ2v) is 4.55. The highest BCUT2D eigenvalue weighted by atomic mass is 35.5. The molecule has 0 radical (unpaired) electrons. The minimum atomic E-state index is -0.480. The summed E-state index contributed by atoms with van der Waals surface area (Å²) in [4.78, 5) is 17.4. The smallest absolute Gasteiger partial charge is 0.271 e. The van der Waals surface area contributed by atoms with E-state index < -0.39 is 4.92 Å². The molecule has 7 heteroatoms. The first-order chi connectivity index (χ1) is 9.65. The van der Waals surface area contributed by atoms with Crippen molar-refractivity contribution in [1.29, 1.82) is 0 Å². The summed E-state index contributed by atoms with van der Waals surface area (Å²) in [5, 5.41) is 15.0. The fourth-order valence-electron chi connectivity index (χ4n) is 1.93. The van der Waals surface area contributed by atoms with E-state index in [-0.39, 0.29) is 5.69 Å². The molecular weight excluding hydrogens is 280 g/mol. The van der Waals surface area contributed by atoms with Crippen LogP contribution < -0.4 is 5.32 Å². The van der Waals surface area contributed by atoms with Crippen molar-refractivity contribution in [2.75, 3.05) is 5.32 Å². The zero-order valence-electron chi connectivity index (χ0n) is 10.1. The fraction of sp³-hybridized carbons (Fsp3) is 0. The normalized spacial score (nSPS) is 10.7. The number of anilines is 2. The Hall–Kier alpha value is -2.60. The van der Waals surface area contributed by atoms with Crippen LogP contribution in [0.15, 0.2) is 42.7 Å². The molecule has 1 aromatic carbocycles. The van der Waals surface area contributed by atoms with Crippen molar-refractivity contribution in [3.05, 3.63) is 57.9 Å². The third-order valence-corrected chi connectivity index (χ3v) is 3.21. The van der Waals surface area contributed by atoms with Gasteiger partial charge in [-0.15, -0.1) is 0 Å². The predicted octanol–water partition coefficient (Wildman–Crippen LogP) is 3.87. The number of fused-ring (bicyclic) bond motifs is 1. The molecular formula is C13H9ClN4O2. The lowest BCUT2D eigenvalue weighted by atomic mass is 10.2. The minimum absolute atomic E-state index is 0.0398. The van der Waals surface area contributed by atoms with Gasteiger partial charge in [0.2, 0.25) is 0 Å². The second-order valence-electron chi connectivity index (χ2n) is 4.14. The average Bonchev–Trinajstić information content (AvgIpc) is 2.90. The number of aromatic amines is 1. The SMILES string of the molecule is O=[N+]([O-])c1ccc(Nc2ccnc3[nH]ccc23)c(Cl)c1. The summed E-state index contributed by atoms with van der Waals surface area (Å²) in [6.45, 7) is 0. The minimum Gasteiger partial charge on any atom is -0.354 e. The summed E-state index contributed by atoms with van der Waals surface area (Å²) in [5.74, 6) is 0. The highest BCUT2D eigenvalue weighted by Crippen LogP contribution is 2.31. The number of nitro benzene ring substituents is 1. The van der Waals surface area contributed by atoms with E-state index >= 15 is 0 Å². The number of pyridine rings is 1. The Morgan fingerprint density at radius 3 is 2.85 bits per heavy atom. The molecule has 0 aliphatic carbocycles. The van der Waals surface area contributed by atoms with Crippen LogP contribution in [0.2, 0.25) is 5.02 Å². The van der Waals surface area contributed by atoms with Gasteiger partial charge in [-0.2, -0.15) is 0 Å². The quantitative estimate of drug-likeness (QED) is 0.566. The Bertz CT molecular complexity index is 800. The van der Waals surface area contributed by atoms with E-state index in [9.17, 15) is 10.1 Å². The molecule has 100 valence electrons. The van der Waals surface area contributed by atoms with Crippen LogP contribution in [0.3, 0.4) is 0 Å². The van der Waals surface area contributed by atoms with Crippen LogP contribution >= 0.6 is 11.6 Å². The van der Waals surface area contributed by atoms with E-state index in [4.69, 9.17) is 11.6 Å². The largest absolute Gasteiger partial charge is 0.354 e. The third-order valence-electron chi connectivity index (χ3n) is 2.89. The lowest BCUT2D eigenvalue weighted by Crippen LogP contribution is -1.94. The second kappa shape index (κ2) is 4.82. The molecule has 0 saturated heterocycles. The molecule has 3 rings (SSSR count). The summed E-state index contributed by atoms with van der Waals surface area (Å²) < 4.78 is 0. The van der Waals surface area contributed by atoms with E-state index in [2.05, 4.69) is 15.3 Å². The number of nitrogens with zero attached hydrogens (tertiary/aromatic N) is 2. The van der Waals surface area contributed by atoms with Gasteiger partial charge in [0.25, 0.3) is 5.69 Å². The van der Waals surface area contributed by atoms with E-state index in [1.165, 1.54) is 12.1 Å². The number of halogens is 1. The van der Waals surface area contributed by atoms with Crippen molar-refractivity contribution in [3.8, 4) is 0 Å². The highest BCUT2D eigenvalue weighted by molar-refractivity contribution is 6.33. The maximum absolute atomic E-state index is 10.7. The van der Waals surface area contributed by atoms with E-state index in [1.807, 2.05) is 12.1 Å². The van der Waals surface area contributed by atoms with Crippen molar-refractivity contribution in [2.45, 2.75) is 0 Å². The Balaban J connectivity index is 1.99. The number of nitrogens with one attached hydrogen (secondary N) is 2. The monoisotopic (exact) mass is 288 g/mol. The number of hydrogen-bond acceptors (Lipinski definition) is 4. The lowest BCUT2D eigenvalue weighted by Gasteiger charge is -2.09.